The fraction of sp³-hybridized carbons (Fsp3) is 0.536. The summed E-state index contributed by atoms with van der Waals surface area (Å²) in [6, 6.07) is 1.67. The monoisotopic (exact) mass is 553 g/mol. The summed E-state index contributed by atoms with van der Waals surface area (Å²) in [6.45, 7) is 16.9. The zero-order valence-corrected chi connectivity index (χ0v) is 24.5. The van der Waals surface area contributed by atoms with Gasteiger partial charge in [0.25, 0.3) is 0 Å². The first-order valence-electron chi connectivity index (χ1n) is 13.6. The number of nitrogens with one attached hydrogen (secondary N) is 2. The van der Waals surface area contributed by atoms with Gasteiger partial charge in [-0.25, -0.2) is 19.2 Å². The summed E-state index contributed by atoms with van der Waals surface area (Å²) in [5, 5.41) is 14.5. The molecule has 0 bridgehead atoms. The van der Waals surface area contributed by atoms with Gasteiger partial charge in [-0.3, -0.25) is 4.68 Å². The number of aryl methyl sites for hydroxylation is 2. The average Bonchev–Trinajstić information content (AvgIpc) is 3.61. The van der Waals surface area contributed by atoms with E-state index in [0.29, 0.717) is 54.1 Å². The normalized spacial score (nSPS) is 18.6. The predicted octanol–water partition coefficient (Wildman–Crippen LogP) is 4.77. The van der Waals surface area contributed by atoms with Crippen molar-refractivity contribution in [3.63, 3.8) is 0 Å². The van der Waals surface area contributed by atoms with Gasteiger partial charge in [0.15, 0.2) is 5.82 Å². The van der Waals surface area contributed by atoms with Gasteiger partial charge in [-0.2, -0.15) is 0 Å². The van der Waals surface area contributed by atoms with E-state index in [1.165, 1.54) is 0 Å². The fourth-order valence-electron chi connectivity index (χ4n) is 4.55. The molecule has 4 rings (SSSR count). The molecule has 0 aromatic carbocycles. The lowest BCUT2D eigenvalue weighted by molar-refractivity contribution is 0.00521. The molecule has 1 saturated heterocycles. The Labute approximate surface area is 235 Å². The summed E-state index contributed by atoms with van der Waals surface area (Å²) in [4.78, 5) is 25.6. The van der Waals surface area contributed by atoms with Crippen molar-refractivity contribution in [2.24, 2.45) is 12.0 Å². The summed E-state index contributed by atoms with van der Waals surface area (Å²) >= 11 is 0. The third-order valence-corrected chi connectivity index (χ3v) is 6.65. The van der Waals surface area contributed by atoms with Gasteiger partial charge in [0.2, 0.25) is 0 Å². The Morgan fingerprint density at radius 2 is 1.98 bits per heavy atom. The number of hydrogen-bond acceptors (Lipinski definition) is 8. The largest absolute Gasteiger partial charge is 0.444 e. The highest BCUT2D eigenvalue weighted by Crippen LogP contribution is 2.42. The highest BCUT2D eigenvalue weighted by Gasteiger charge is 2.32. The molecule has 0 radical (unpaired) electrons. The van der Waals surface area contributed by atoms with E-state index >= 15 is 0 Å². The Balaban J connectivity index is 1.54. The van der Waals surface area contributed by atoms with Crippen LogP contribution >= 0.6 is 0 Å². The van der Waals surface area contributed by atoms with Gasteiger partial charge >= 0.3 is 6.09 Å². The van der Waals surface area contributed by atoms with Gasteiger partial charge < -0.3 is 25.2 Å². The van der Waals surface area contributed by atoms with Gasteiger partial charge in [-0.1, -0.05) is 11.8 Å². The molecular weight excluding hydrogens is 513 g/mol. The van der Waals surface area contributed by atoms with E-state index in [2.05, 4.69) is 42.4 Å². The molecule has 12 heteroatoms. The van der Waals surface area contributed by atoms with Gasteiger partial charge in [0.05, 0.1) is 29.5 Å². The van der Waals surface area contributed by atoms with Crippen LogP contribution in [0.25, 0.3) is 0 Å². The van der Waals surface area contributed by atoms with Gasteiger partial charge in [0.1, 0.15) is 23.1 Å². The minimum Gasteiger partial charge on any atom is -0.444 e. The van der Waals surface area contributed by atoms with E-state index in [0.717, 1.165) is 18.5 Å². The van der Waals surface area contributed by atoms with Gasteiger partial charge in [-0.15, -0.1) is 5.10 Å². The minimum absolute atomic E-state index is 0.105. The lowest BCUT2D eigenvalue weighted by Gasteiger charge is -2.42. The van der Waals surface area contributed by atoms with Gasteiger partial charge in [-0.05, 0) is 71.9 Å². The molecule has 1 aliphatic carbocycles. The number of pyridine rings is 1. The Hall–Kier alpha value is -3.96. The highest BCUT2D eigenvalue weighted by molar-refractivity contribution is 5.93. The van der Waals surface area contributed by atoms with E-state index in [1.807, 2.05) is 34.6 Å². The smallest absolute Gasteiger partial charge is 0.410 e. The van der Waals surface area contributed by atoms with E-state index in [4.69, 9.17) is 4.74 Å². The van der Waals surface area contributed by atoms with Crippen LogP contribution < -0.4 is 10.6 Å². The van der Waals surface area contributed by atoms with Crippen molar-refractivity contribution in [3.8, 4) is 0 Å². The second-order valence-electron chi connectivity index (χ2n) is 11.5. The number of halogens is 1. The number of anilines is 2. The van der Waals surface area contributed by atoms with Crippen LogP contribution in [0.2, 0.25) is 0 Å². The number of aromatic nitrogens is 4. The maximum atomic E-state index is 14.5. The molecule has 2 aromatic rings. The first-order chi connectivity index (χ1) is 18.8. The molecule has 216 valence electrons. The number of aliphatic imine (C=N–C) groups is 1. The minimum atomic E-state index is -0.565. The third-order valence-electron chi connectivity index (χ3n) is 6.65. The number of nitrogens with zero attached hydrogens (tertiary/aromatic N) is 7. The quantitative estimate of drug-likeness (QED) is 0.286. The van der Waals surface area contributed by atoms with Crippen LogP contribution in [0.4, 0.5) is 20.8 Å². The molecule has 2 N–H and O–H groups in total. The molecule has 2 aliphatic rings. The van der Waals surface area contributed by atoms with Crippen LogP contribution in [0.15, 0.2) is 41.4 Å². The van der Waals surface area contributed by atoms with Crippen LogP contribution in [-0.4, -0.2) is 73.0 Å². The molecule has 3 heterocycles. The number of piperazine rings is 1. The number of carbonyl (C=O) groups is 1. The van der Waals surface area contributed by atoms with E-state index in [9.17, 15) is 9.18 Å². The maximum absolute atomic E-state index is 14.5. The number of amidine groups is 1. The van der Waals surface area contributed by atoms with Crippen LogP contribution in [-0.2, 0) is 11.8 Å². The summed E-state index contributed by atoms with van der Waals surface area (Å²) in [6.07, 6.45) is 5.15. The zero-order valence-electron chi connectivity index (χ0n) is 24.5. The van der Waals surface area contributed by atoms with Crippen LogP contribution in [0, 0.1) is 12.7 Å². The number of amides is 1. The predicted molar refractivity (Wildman–Crippen MR) is 153 cm³/mol. The van der Waals surface area contributed by atoms with E-state index < -0.39 is 5.60 Å². The molecule has 11 nitrogen and oxygen atoms in total. The molecule has 1 saturated carbocycles. The summed E-state index contributed by atoms with van der Waals surface area (Å²) < 4.78 is 21.7. The Morgan fingerprint density at radius 1 is 1.25 bits per heavy atom. The molecule has 0 unspecified atom stereocenters. The van der Waals surface area contributed by atoms with Crippen molar-refractivity contribution >= 4 is 23.6 Å². The van der Waals surface area contributed by atoms with Crippen LogP contribution in [0.1, 0.15) is 64.6 Å². The lowest BCUT2D eigenvalue weighted by atomic mass is 10.1. The topological polar surface area (TPSA) is 113 Å². The SMILES string of the molecule is C=C(Nc1cn(C)nn1)/C(=C\N=C(C)Nc1cc(C2CC2)c(F)c(C)n1)N1CCN(C(=O)OC(C)(C)C)[C@H](C)C1. The Bertz CT molecular complexity index is 1320. The highest BCUT2D eigenvalue weighted by atomic mass is 19.1. The van der Waals surface area contributed by atoms with Crippen molar-refractivity contribution in [1.29, 1.82) is 0 Å². The van der Waals surface area contributed by atoms with Crippen molar-refractivity contribution in [2.45, 2.75) is 71.9 Å². The summed E-state index contributed by atoms with van der Waals surface area (Å²) in [7, 11) is 1.79. The van der Waals surface area contributed by atoms with Crippen molar-refractivity contribution < 1.29 is 13.9 Å². The summed E-state index contributed by atoms with van der Waals surface area (Å²) in [5.41, 5.74) is 1.84. The molecule has 1 atom stereocenters. The molecule has 1 amide bonds. The molecule has 0 spiro atoms. The first kappa shape index (κ1) is 29.0. The third kappa shape index (κ3) is 7.36. The van der Waals surface area contributed by atoms with Crippen LogP contribution in [0.5, 0.6) is 0 Å². The molecular formula is C28H40FN9O2. The number of rotatable bonds is 7. The van der Waals surface area contributed by atoms with Crippen molar-refractivity contribution in [3.05, 3.63) is 53.5 Å². The summed E-state index contributed by atoms with van der Waals surface area (Å²) in [5.74, 6) is 1.74. The second kappa shape index (κ2) is 11.6. The first-order valence-corrected chi connectivity index (χ1v) is 13.6. The van der Waals surface area contributed by atoms with Crippen molar-refractivity contribution in [1.82, 2.24) is 29.8 Å². The molecule has 2 aromatic heterocycles. The molecule has 1 aliphatic heterocycles. The van der Waals surface area contributed by atoms with Crippen LogP contribution in [0.3, 0.4) is 0 Å². The van der Waals surface area contributed by atoms with E-state index in [-0.39, 0.29) is 23.9 Å². The number of carbonyl (C=O) groups excluding carboxylic acids is 1. The van der Waals surface area contributed by atoms with Gasteiger partial charge in [0, 0.05) is 32.7 Å². The second-order valence-corrected chi connectivity index (χ2v) is 11.5. The molecule has 2 fully saturated rings. The Kier molecular flexibility index (Phi) is 8.45. The Morgan fingerprint density at radius 3 is 2.58 bits per heavy atom. The maximum Gasteiger partial charge on any atom is 0.410 e. The zero-order chi connectivity index (χ0) is 29.2. The molecule has 40 heavy (non-hydrogen) atoms. The number of ether oxygens (including phenoxy) is 1. The average molecular weight is 554 g/mol. The van der Waals surface area contributed by atoms with Crippen molar-refractivity contribution in [2.75, 3.05) is 30.3 Å². The standard InChI is InChI=1S/C28H40FN9O2/c1-17-15-37(11-12-38(17)27(39)40-28(5,6)7)23(18(2)31-25-16-36(8)35-34-25)14-30-20(4)33-24-13-22(21-9-10-21)26(29)19(3)32-24/h13-14,16-17,21,31H,2,9-12,15H2,1,3-8H3,(H,30,32,33)/b23-14+/t17-/m1/s1. The number of hydrogen-bond donors (Lipinski definition) is 2. The van der Waals surface area contributed by atoms with E-state index in [1.54, 1.807) is 42.0 Å². The fourth-order valence-corrected chi connectivity index (χ4v) is 4.55. The lowest BCUT2D eigenvalue weighted by Crippen LogP contribution is -2.54.